The number of nitrogens with one attached hydrogen (secondary N) is 2. The number of hydrogen-bond donors (Lipinski definition) is 2. The number of nitrogens with zero attached hydrogens (tertiary/aromatic N) is 6. The first-order chi connectivity index (χ1) is 39.0. The Balaban J connectivity index is 1.38. The van der Waals surface area contributed by atoms with Crippen LogP contribution in [0.5, 0.6) is 0 Å². The van der Waals surface area contributed by atoms with E-state index in [9.17, 15) is 14.4 Å². The molecule has 2 N–H and O–H groups in total. The Morgan fingerprint density at radius 1 is 0.346 bits per heavy atom. The van der Waals surface area contributed by atoms with Crippen molar-refractivity contribution in [3.8, 4) is 12.3 Å². The topological polar surface area (TPSA) is 163 Å². The average Bonchev–Trinajstić information content (AvgIpc) is 3.53. The largest absolute Gasteiger partial charge is 0.358 e. The molecular weight excluding hydrogens is 1020 g/mol. The summed E-state index contributed by atoms with van der Waals surface area (Å²) >= 11 is 0. The van der Waals surface area contributed by atoms with Crippen LogP contribution in [0.1, 0.15) is 111 Å². The molecule has 6 aromatic rings. The molecule has 7 amide bonds. The van der Waals surface area contributed by atoms with E-state index in [1.807, 2.05) is 224 Å². The van der Waals surface area contributed by atoms with Crippen LogP contribution >= 0.6 is 0 Å². The Morgan fingerprint density at radius 2 is 0.543 bits per heavy atom. The summed E-state index contributed by atoms with van der Waals surface area (Å²) in [5.41, 5.74) is 4.50. The lowest BCUT2D eigenvalue weighted by Gasteiger charge is -2.38. The van der Waals surface area contributed by atoms with Gasteiger partial charge in [-0.3, -0.25) is 38.9 Å². The molecule has 0 heterocycles. The van der Waals surface area contributed by atoms with Crippen LogP contribution in [0, 0.1) is 12.3 Å². The first-order valence-electron chi connectivity index (χ1n) is 27.5. The van der Waals surface area contributed by atoms with Gasteiger partial charge in [-0.15, -0.1) is 6.42 Å². The highest BCUT2D eigenvalue weighted by Crippen LogP contribution is 2.30. The minimum absolute atomic E-state index is 0.129. The van der Waals surface area contributed by atoms with E-state index in [0.29, 0.717) is 11.1 Å². The number of carbonyl (C=O) groups excluding carboxylic acids is 7. The van der Waals surface area contributed by atoms with Gasteiger partial charge in [0, 0.05) is 7.05 Å². The van der Waals surface area contributed by atoms with Crippen molar-refractivity contribution in [2.75, 3.05) is 59.4 Å². The zero-order valence-electron chi connectivity index (χ0n) is 47.6. The predicted octanol–water partition coefficient (Wildman–Crippen LogP) is 8.49. The highest BCUT2D eigenvalue weighted by atomic mass is 16.2. The van der Waals surface area contributed by atoms with Gasteiger partial charge in [0.05, 0.1) is 49.3 Å². The van der Waals surface area contributed by atoms with Gasteiger partial charge in [-0.2, -0.15) is 0 Å². The van der Waals surface area contributed by atoms with Crippen molar-refractivity contribution in [2.45, 2.75) is 77.8 Å². The van der Waals surface area contributed by atoms with Crippen LogP contribution in [0.15, 0.2) is 182 Å². The fourth-order valence-electron chi connectivity index (χ4n) is 9.88. The molecule has 0 radical (unpaired) electrons. The second-order valence-electron chi connectivity index (χ2n) is 20.1. The zero-order valence-corrected chi connectivity index (χ0v) is 47.6. The molecule has 0 saturated carbocycles. The van der Waals surface area contributed by atoms with Crippen LogP contribution in [0.4, 0.5) is 0 Å². The van der Waals surface area contributed by atoms with E-state index in [-0.39, 0.29) is 32.1 Å². The molecule has 6 atom stereocenters. The lowest BCUT2D eigenvalue weighted by molar-refractivity contribution is -0.152. The molecule has 422 valence electrons. The number of amides is 7. The minimum atomic E-state index is -0.722. The summed E-state index contributed by atoms with van der Waals surface area (Å²) in [6.07, 6.45) is 5.50. The van der Waals surface area contributed by atoms with Crippen molar-refractivity contribution in [3.63, 3.8) is 0 Å². The van der Waals surface area contributed by atoms with Gasteiger partial charge in [0.25, 0.3) is 0 Å². The zero-order chi connectivity index (χ0) is 58.4. The molecule has 0 aromatic heterocycles. The van der Waals surface area contributed by atoms with E-state index in [2.05, 4.69) is 16.6 Å². The van der Waals surface area contributed by atoms with E-state index in [1.54, 1.807) is 0 Å². The Labute approximate surface area is 477 Å². The predicted molar refractivity (Wildman–Crippen MR) is 315 cm³/mol. The molecule has 81 heavy (non-hydrogen) atoms. The number of terminal acetylenes is 1. The highest BCUT2D eigenvalue weighted by Gasteiger charge is 2.37. The molecular formula is C66H76N8O7. The SMILES string of the molecule is C#CCNCC(=O)N(CC(=O)N(CC(=O)N(CC(=O)N(CC(=O)N(CC(=O)N(CC(=O)NC)[C@@H](C)c1ccccc1)[C@@H](C)c1ccccc1)[C@@H](C)c1ccccc1)[C@@H](C)c1ccccc1)[C@@H](C)c1ccccc1)[C@@H](C)c1ccccc1. The van der Waals surface area contributed by atoms with Gasteiger partial charge < -0.3 is 34.7 Å². The van der Waals surface area contributed by atoms with Gasteiger partial charge >= 0.3 is 0 Å². The van der Waals surface area contributed by atoms with Crippen LogP contribution < -0.4 is 10.6 Å². The summed E-state index contributed by atoms with van der Waals surface area (Å²) in [4.78, 5) is 112. The van der Waals surface area contributed by atoms with Crippen LogP contribution in [0.2, 0.25) is 0 Å². The first kappa shape index (κ1) is 61.3. The highest BCUT2D eigenvalue weighted by molar-refractivity contribution is 5.93. The second kappa shape index (κ2) is 30.5. The van der Waals surface area contributed by atoms with Crippen LogP contribution in [0.3, 0.4) is 0 Å². The van der Waals surface area contributed by atoms with Crippen LogP contribution in [-0.4, -0.2) is 130 Å². The van der Waals surface area contributed by atoms with Gasteiger partial charge in [-0.25, -0.2) is 0 Å². The molecule has 6 rings (SSSR count). The maximum absolute atomic E-state index is 15.5. The van der Waals surface area contributed by atoms with Crippen molar-refractivity contribution in [1.82, 2.24) is 40.0 Å². The molecule has 0 saturated heterocycles. The van der Waals surface area contributed by atoms with Crippen molar-refractivity contribution in [2.24, 2.45) is 0 Å². The standard InChI is InChI=1S/C66H76N8O7/c1-9-40-68-41-61(76)70(49(3)55-30-18-11-19-31-55)43-63(78)72(51(5)57-34-22-13-23-35-57)45-65(80)74(53(7)59-38-26-15-27-39-59)47-66(81)73(52(6)58-36-24-14-25-37-58)46-64(79)71(50(4)56-32-20-12-21-33-56)44-62(77)69(42-60(75)67-8)48(2)54-28-16-10-17-29-54/h1,10-39,48-53,68H,40-47H2,2-8H3,(H,67,75)/t48-,49-,50-,51-,52-,53-/m0/s1. The van der Waals surface area contributed by atoms with Crippen molar-refractivity contribution in [3.05, 3.63) is 215 Å². The lowest BCUT2D eigenvalue weighted by Crippen LogP contribution is -2.53. The fraction of sp³-hybridized carbons (Fsp3) is 0.318. The molecule has 0 spiro atoms. The Hall–Kier alpha value is -8.87. The monoisotopic (exact) mass is 1090 g/mol. The normalized spacial score (nSPS) is 13.1. The van der Waals surface area contributed by atoms with Gasteiger partial charge in [-0.05, 0) is 74.9 Å². The van der Waals surface area contributed by atoms with E-state index < -0.39 is 97.9 Å². The summed E-state index contributed by atoms with van der Waals surface area (Å²) in [6, 6.07) is 51.8. The summed E-state index contributed by atoms with van der Waals surface area (Å²) in [7, 11) is 1.50. The van der Waals surface area contributed by atoms with E-state index >= 15 is 19.2 Å². The number of hydrogen-bond acceptors (Lipinski definition) is 8. The van der Waals surface area contributed by atoms with Crippen molar-refractivity contribution >= 4 is 41.4 Å². The fourth-order valence-corrected chi connectivity index (χ4v) is 9.88. The lowest BCUT2D eigenvalue weighted by atomic mass is 10.0. The first-order valence-corrected chi connectivity index (χ1v) is 27.5. The van der Waals surface area contributed by atoms with E-state index in [0.717, 1.165) is 22.3 Å². The van der Waals surface area contributed by atoms with Gasteiger partial charge in [0.15, 0.2) is 0 Å². The number of rotatable bonds is 27. The average molecular weight is 1090 g/mol. The van der Waals surface area contributed by atoms with Gasteiger partial charge in [0.2, 0.25) is 41.4 Å². The van der Waals surface area contributed by atoms with Crippen molar-refractivity contribution < 1.29 is 33.6 Å². The van der Waals surface area contributed by atoms with Gasteiger partial charge in [0.1, 0.15) is 39.3 Å². The van der Waals surface area contributed by atoms with Crippen LogP contribution in [0.25, 0.3) is 0 Å². The quantitative estimate of drug-likeness (QED) is 0.0384. The van der Waals surface area contributed by atoms with Crippen molar-refractivity contribution in [1.29, 1.82) is 0 Å². The second-order valence-corrected chi connectivity index (χ2v) is 20.1. The summed E-state index contributed by atoms with van der Waals surface area (Å²) < 4.78 is 0. The van der Waals surface area contributed by atoms with Gasteiger partial charge in [-0.1, -0.05) is 188 Å². The molecule has 6 aromatic carbocycles. The summed E-state index contributed by atoms with van der Waals surface area (Å²) in [6.45, 7) is 8.35. The number of likely N-dealkylation sites (N-methyl/N-ethyl adjacent to an activating group) is 1. The molecule has 0 unspecified atom stereocenters. The molecule has 0 aliphatic carbocycles. The van der Waals surface area contributed by atoms with E-state index in [1.165, 1.54) is 36.4 Å². The molecule has 0 fully saturated rings. The summed E-state index contributed by atoms with van der Waals surface area (Å²) in [5.74, 6) is -0.961. The third kappa shape index (κ3) is 16.8. The number of carbonyl (C=O) groups is 7. The third-order valence-electron chi connectivity index (χ3n) is 15.0. The molecule has 0 aliphatic rings. The third-order valence-corrected chi connectivity index (χ3v) is 15.0. The summed E-state index contributed by atoms with van der Waals surface area (Å²) in [5, 5.41) is 5.57. The maximum atomic E-state index is 15.5. The Morgan fingerprint density at radius 3 is 0.741 bits per heavy atom. The molecule has 0 aliphatic heterocycles. The van der Waals surface area contributed by atoms with Crippen LogP contribution in [-0.2, 0) is 33.6 Å². The molecule has 15 heteroatoms. The smallest absolute Gasteiger partial charge is 0.243 e. The Bertz CT molecular complexity index is 3040. The van der Waals surface area contributed by atoms with E-state index in [4.69, 9.17) is 6.42 Å². The molecule has 0 bridgehead atoms. The number of benzene rings is 6. The maximum Gasteiger partial charge on any atom is 0.243 e. The minimum Gasteiger partial charge on any atom is -0.358 e. The Kier molecular flexibility index (Phi) is 23.1. The molecule has 15 nitrogen and oxygen atoms in total.